The zero-order valence-electron chi connectivity index (χ0n) is 7.07. The van der Waals surface area contributed by atoms with Gasteiger partial charge in [0, 0.05) is 0 Å². The van der Waals surface area contributed by atoms with Crippen molar-refractivity contribution in [2.24, 2.45) is 5.11 Å². The molecule has 0 fully saturated rings. The van der Waals surface area contributed by atoms with Crippen LogP contribution in [0.3, 0.4) is 0 Å². The smallest absolute Gasteiger partial charge is 0.124 e. The molecule has 2 aromatic carbocycles. The number of nitrogens with one attached hydrogen (secondary N) is 1. The minimum atomic E-state index is 0.966. The second-order valence-electron chi connectivity index (χ2n) is 2.86. The van der Waals surface area contributed by atoms with E-state index in [1.807, 2.05) is 30.3 Å². The minimum absolute atomic E-state index is 0.966. The van der Waals surface area contributed by atoms with Gasteiger partial charge in [0.2, 0.25) is 0 Å². The molecule has 0 aliphatic carbocycles. The Morgan fingerprint density at radius 2 is 1.77 bits per heavy atom. The lowest BCUT2D eigenvalue weighted by Crippen LogP contribution is -1.78. The van der Waals surface area contributed by atoms with Gasteiger partial charge in [0.1, 0.15) is 6.54 Å². The molecular weight excluding hydrogens is 160 g/mol. The molecule has 2 aromatic rings. The summed E-state index contributed by atoms with van der Waals surface area (Å²) in [5, 5.41) is 5.63. The second-order valence-corrected chi connectivity index (χ2v) is 2.86. The maximum Gasteiger partial charge on any atom is 0.124 e. The Morgan fingerprint density at radius 1 is 1.00 bits per heavy atom. The maximum atomic E-state index is 6.72. The van der Waals surface area contributed by atoms with Gasteiger partial charge >= 0.3 is 0 Å². The van der Waals surface area contributed by atoms with E-state index in [2.05, 4.69) is 17.2 Å². The van der Waals surface area contributed by atoms with E-state index in [1.54, 1.807) is 0 Å². The molecule has 0 aromatic heterocycles. The van der Waals surface area contributed by atoms with Crippen molar-refractivity contribution in [1.82, 2.24) is 0 Å². The third-order valence-electron chi connectivity index (χ3n) is 1.99. The fourth-order valence-electron chi connectivity index (χ4n) is 1.36. The molecule has 2 heteroatoms. The first-order chi connectivity index (χ1) is 6.40. The monoisotopic (exact) mass is 169 g/mol. The summed E-state index contributed by atoms with van der Waals surface area (Å²) in [5.41, 5.74) is 7.68. The van der Waals surface area contributed by atoms with Gasteiger partial charge in [-0.2, -0.15) is 5.11 Å². The fraction of sp³-hybridized carbons (Fsp3) is 0. The summed E-state index contributed by atoms with van der Waals surface area (Å²) in [6.45, 7) is 1.53. The van der Waals surface area contributed by atoms with Gasteiger partial charge in [0.05, 0.1) is 0 Å². The van der Waals surface area contributed by atoms with Gasteiger partial charge in [-0.25, -0.2) is 5.53 Å². The predicted octanol–water partition coefficient (Wildman–Crippen LogP) is 3.38. The van der Waals surface area contributed by atoms with Crippen LogP contribution in [0.25, 0.3) is 10.8 Å². The van der Waals surface area contributed by atoms with Gasteiger partial charge in [-0.1, -0.05) is 36.4 Å². The summed E-state index contributed by atoms with van der Waals surface area (Å²) in [6, 6.07) is 14.2. The van der Waals surface area contributed by atoms with Crippen molar-refractivity contribution < 1.29 is 0 Å². The van der Waals surface area contributed by atoms with E-state index in [9.17, 15) is 0 Å². The minimum Gasteiger partial charge on any atom is -0.209 e. The fourth-order valence-corrected chi connectivity index (χ4v) is 1.36. The summed E-state index contributed by atoms with van der Waals surface area (Å²) in [4.78, 5) is 0. The first-order valence-electron chi connectivity index (χ1n) is 4.09. The van der Waals surface area contributed by atoms with Crippen LogP contribution in [-0.2, 0) is 0 Å². The Hall–Kier alpha value is -1.70. The van der Waals surface area contributed by atoms with Crippen molar-refractivity contribution in [3.05, 3.63) is 54.6 Å². The molecule has 13 heavy (non-hydrogen) atoms. The molecule has 1 radical (unpaired) electrons. The Balaban J connectivity index is 2.55. The van der Waals surface area contributed by atoms with E-state index in [-0.39, 0.29) is 0 Å². The second kappa shape index (κ2) is 3.35. The van der Waals surface area contributed by atoms with Crippen LogP contribution in [0.1, 0.15) is 5.56 Å². The van der Waals surface area contributed by atoms with E-state index < -0.39 is 0 Å². The molecule has 0 spiro atoms. The summed E-state index contributed by atoms with van der Waals surface area (Å²) in [5.74, 6) is 0. The normalized spacial score (nSPS) is 10.2. The first kappa shape index (κ1) is 7.92. The van der Waals surface area contributed by atoms with E-state index in [4.69, 9.17) is 5.53 Å². The Kier molecular flexibility index (Phi) is 2.04. The average Bonchev–Trinajstić information content (AvgIpc) is 2.18. The van der Waals surface area contributed by atoms with Crippen molar-refractivity contribution in [1.29, 1.82) is 5.53 Å². The number of fused-ring (bicyclic) bond motifs is 1. The molecule has 0 aliphatic heterocycles. The third-order valence-corrected chi connectivity index (χ3v) is 1.99. The van der Waals surface area contributed by atoms with Gasteiger partial charge < -0.3 is 0 Å². The highest BCUT2D eigenvalue weighted by Gasteiger charge is 1.94. The van der Waals surface area contributed by atoms with Crippen LogP contribution in [0.4, 0.5) is 0 Å². The Bertz CT molecular complexity index is 435. The molecule has 0 saturated heterocycles. The number of hydrogen-bond acceptors (Lipinski definition) is 2. The molecule has 63 valence electrons. The molecular formula is C11H9N2. The molecule has 2 rings (SSSR count). The molecule has 0 amide bonds. The van der Waals surface area contributed by atoms with Crippen molar-refractivity contribution in [2.45, 2.75) is 0 Å². The summed E-state index contributed by atoms with van der Waals surface area (Å²) in [6.07, 6.45) is 0. The van der Waals surface area contributed by atoms with Crippen LogP contribution < -0.4 is 0 Å². The van der Waals surface area contributed by atoms with Crippen molar-refractivity contribution in [2.75, 3.05) is 0 Å². The first-order valence-corrected chi connectivity index (χ1v) is 4.09. The highest BCUT2D eigenvalue weighted by molar-refractivity contribution is 5.83. The summed E-state index contributed by atoms with van der Waals surface area (Å²) >= 11 is 0. The number of hydrogen-bond donors (Lipinski definition) is 1. The zero-order valence-corrected chi connectivity index (χ0v) is 7.07. The van der Waals surface area contributed by atoms with Crippen LogP contribution in [0.2, 0.25) is 0 Å². The number of benzene rings is 2. The lowest BCUT2D eigenvalue weighted by atomic mass is 10.1. The van der Waals surface area contributed by atoms with Gasteiger partial charge in [-0.05, 0) is 22.4 Å². The topological polar surface area (TPSA) is 36.2 Å². The van der Waals surface area contributed by atoms with Crippen molar-refractivity contribution in [3.8, 4) is 0 Å². The Morgan fingerprint density at radius 3 is 2.54 bits per heavy atom. The molecule has 0 unspecified atom stereocenters. The van der Waals surface area contributed by atoms with Gasteiger partial charge in [-0.3, -0.25) is 0 Å². The molecule has 0 saturated carbocycles. The quantitative estimate of drug-likeness (QED) is 0.669. The van der Waals surface area contributed by atoms with Gasteiger partial charge in [0.25, 0.3) is 0 Å². The molecule has 0 atom stereocenters. The number of rotatable bonds is 2. The zero-order chi connectivity index (χ0) is 9.10. The van der Waals surface area contributed by atoms with Gasteiger partial charge in [0.15, 0.2) is 0 Å². The lowest BCUT2D eigenvalue weighted by Gasteiger charge is -1.98. The van der Waals surface area contributed by atoms with E-state index >= 15 is 0 Å². The molecule has 0 heterocycles. The third kappa shape index (κ3) is 1.56. The summed E-state index contributed by atoms with van der Waals surface area (Å²) in [7, 11) is 0. The molecule has 0 aliphatic rings. The summed E-state index contributed by atoms with van der Waals surface area (Å²) < 4.78 is 0. The standard InChI is InChI=1S/C11H9N2/c12-13-8-9-5-6-10-3-1-2-4-11(10)7-9/h1-8,12H. The van der Waals surface area contributed by atoms with Crippen LogP contribution in [-0.4, -0.2) is 0 Å². The molecule has 0 bridgehead atoms. The van der Waals surface area contributed by atoms with E-state index in [0.29, 0.717) is 0 Å². The van der Waals surface area contributed by atoms with E-state index in [0.717, 1.165) is 5.56 Å². The van der Waals surface area contributed by atoms with Crippen molar-refractivity contribution in [3.63, 3.8) is 0 Å². The van der Waals surface area contributed by atoms with Crippen LogP contribution >= 0.6 is 0 Å². The maximum absolute atomic E-state index is 6.72. The van der Waals surface area contributed by atoms with Crippen LogP contribution in [0.15, 0.2) is 47.6 Å². The largest absolute Gasteiger partial charge is 0.209 e. The highest BCUT2D eigenvalue weighted by atomic mass is 14.9. The average molecular weight is 169 g/mol. The molecule has 1 N–H and O–H groups in total. The highest BCUT2D eigenvalue weighted by Crippen LogP contribution is 2.16. The van der Waals surface area contributed by atoms with Gasteiger partial charge in [-0.15, -0.1) is 0 Å². The van der Waals surface area contributed by atoms with Crippen LogP contribution in [0.5, 0.6) is 0 Å². The van der Waals surface area contributed by atoms with E-state index in [1.165, 1.54) is 17.3 Å². The predicted molar refractivity (Wildman–Crippen MR) is 52.5 cm³/mol. The number of nitrogens with zero attached hydrogens (tertiary/aromatic N) is 1. The van der Waals surface area contributed by atoms with Crippen molar-refractivity contribution >= 4 is 10.8 Å². The Labute approximate surface area is 76.7 Å². The SMILES string of the molecule is N=N[CH]c1ccc2ccccc2c1. The molecule has 2 nitrogen and oxygen atoms in total. The van der Waals surface area contributed by atoms with Crippen LogP contribution in [0, 0.1) is 12.1 Å². The lowest BCUT2D eigenvalue weighted by molar-refractivity contribution is 1.07.